The number of hydrogen-bond donors (Lipinski definition) is 1. The first-order valence-electron chi connectivity index (χ1n) is 0. The predicted molar refractivity (Wildman–Crippen MR) is 34.7 cm³/mol. The van der Waals surface area contributed by atoms with Gasteiger partial charge in [-0.15, -0.1) is 0 Å². The molecule has 0 bridgehead atoms. The molecule has 0 radical (unpaired) electrons. The van der Waals surface area contributed by atoms with Gasteiger partial charge in [0.2, 0.25) is 0 Å². The van der Waals surface area contributed by atoms with Crippen LogP contribution in [0.15, 0.2) is 0 Å². The summed E-state index contributed by atoms with van der Waals surface area (Å²) in [6, 6.07) is 0. The van der Waals surface area contributed by atoms with Crippen molar-refractivity contribution in [1.29, 1.82) is 0 Å². The van der Waals surface area contributed by atoms with Crippen molar-refractivity contribution in [1.82, 2.24) is 6.15 Å². The zero-order chi connectivity index (χ0) is 0. The molecular weight excluding hydrogens is 154 g/mol. The molecule has 1 nitrogen and oxygen atoms in total. The van der Waals surface area contributed by atoms with Crippen molar-refractivity contribution < 1.29 is 19.9 Å². The van der Waals surface area contributed by atoms with Gasteiger partial charge in [0.05, 0.1) is 0 Å². The van der Waals surface area contributed by atoms with Crippen LogP contribution in [-0.2, 0) is 17.1 Å². The fraction of sp³-hybridized carbons (Fsp3) is 0. The van der Waals surface area contributed by atoms with Gasteiger partial charge in [0, 0.05) is 17.1 Å². The van der Waals surface area contributed by atoms with Crippen molar-refractivity contribution in [2.24, 2.45) is 0 Å². The van der Waals surface area contributed by atoms with Crippen LogP contribution in [0.1, 0.15) is 2.85 Å². The molecule has 0 aromatic rings. The average Bonchev–Trinajstić information content (AvgIpc) is 0. The molecule has 0 saturated heterocycles. The van der Waals surface area contributed by atoms with Crippen molar-refractivity contribution >= 4 is 47.5 Å². The molecule has 0 aromatic carbocycles. The molecule has 5 heavy (non-hydrogen) atoms. The molecule has 0 aliphatic heterocycles. The normalized spacial score (nSPS) is 0. The van der Waals surface area contributed by atoms with Gasteiger partial charge in [0.15, 0.2) is 0 Å². The zero-order valence-corrected chi connectivity index (χ0v) is 5.79. The second-order valence-electron chi connectivity index (χ2n) is 0. The Morgan fingerprint density at radius 2 is 1.20 bits per heavy atom. The van der Waals surface area contributed by atoms with E-state index in [-0.39, 0.29) is 73.6 Å². The molecule has 0 spiro atoms. The van der Waals surface area contributed by atoms with Gasteiger partial charge in [-0.1, -0.05) is 0 Å². The molecule has 0 aromatic heterocycles. The Kier molecular flexibility index (Phi) is 574. The summed E-state index contributed by atoms with van der Waals surface area (Å²) >= 11 is 0. The first-order valence-corrected chi connectivity index (χ1v) is 0. The largest absolute Gasteiger partial charge is 2.00 e. The first kappa shape index (κ1) is 70.1. The molecule has 0 atom stereocenters. The smallest absolute Gasteiger partial charge is 1.00 e. The van der Waals surface area contributed by atoms with Crippen LogP contribution in [0.2, 0.25) is 0 Å². The van der Waals surface area contributed by atoms with Gasteiger partial charge in [-0.3, -0.25) is 0 Å². The molecular formula is H11FeMgNSSi. The first-order chi connectivity index (χ1) is 0. The maximum atomic E-state index is 0. The standard InChI is InChI=1S/Fe.Mg.H3N.H2S.H4Si.2H/h;;1H3;1H2;1H4;;/q;+2;;;;2*-1. The van der Waals surface area contributed by atoms with Crippen LogP contribution in [0, 0.1) is 0 Å². The Hall–Kier alpha value is 1.81. The maximum Gasteiger partial charge on any atom is 2.00 e. The minimum atomic E-state index is 0. The third-order valence-electron chi connectivity index (χ3n) is 0. The second-order valence-corrected chi connectivity index (χ2v) is 0. The van der Waals surface area contributed by atoms with Gasteiger partial charge < -0.3 is 9.00 Å². The van der Waals surface area contributed by atoms with E-state index in [0.29, 0.717) is 0 Å². The minimum absolute atomic E-state index is 0. The maximum absolute atomic E-state index is 0. The molecule has 0 fully saturated rings. The summed E-state index contributed by atoms with van der Waals surface area (Å²) in [5.41, 5.74) is 0. The van der Waals surface area contributed by atoms with E-state index in [4.69, 9.17) is 0 Å². The molecule has 0 heterocycles. The molecule has 0 unspecified atom stereocenters. The molecule has 0 saturated carbocycles. The fourth-order valence-corrected chi connectivity index (χ4v) is 0. The Bertz CT molecular complexity index is 17.7. The topological polar surface area (TPSA) is 35.0 Å². The van der Waals surface area contributed by atoms with Crippen LogP contribution >= 0.6 is 13.5 Å². The summed E-state index contributed by atoms with van der Waals surface area (Å²) < 4.78 is 0. The van der Waals surface area contributed by atoms with Gasteiger partial charge in [-0.05, 0) is 11.0 Å². The van der Waals surface area contributed by atoms with Crippen LogP contribution in [0.25, 0.3) is 0 Å². The zero-order valence-electron chi connectivity index (χ0n) is 4.27. The van der Waals surface area contributed by atoms with Crippen LogP contribution in [0.4, 0.5) is 0 Å². The van der Waals surface area contributed by atoms with E-state index in [1.54, 1.807) is 0 Å². The van der Waals surface area contributed by atoms with E-state index >= 15 is 0 Å². The summed E-state index contributed by atoms with van der Waals surface area (Å²) in [6.45, 7) is 0. The van der Waals surface area contributed by atoms with Crippen molar-refractivity contribution in [3.05, 3.63) is 0 Å². The monoisotopic (exact) mass is 165 g/mol. The predicted octanol–water partition coefficient (Wildman–Crippen LogP) is -1.34. The van der Waals surface area contributed by atoms with Gasteiger partial charge in [0.25, 0.3) is 0 Å². The average molecular weight is 165 g/mol. The van der Waals surface area contributed by atoms with Gasteiger partial charge in [-0.2, -0.15) is 13.5 Å². The summed E-state index contributed by atoms with van der Waals surface area (Å²) in [7, 11) is 0. The molecule has 3 N–H and O–H groups in total. The van der Waals surface area contributed by atoms with Gasteiger partial charge in [-0.25, -0.2) is 0 Å². The number of hydrogen-bond acceptors (Lipinski definition) is 1. The molecule has 0 rings (SSSR count). The van der Waals surface area contributed by atoms with E-state index in [2.05, 4.69) is 0 Å². The van der Waals surface area contributed by atoms with Crippen molar-refractivity contribution in [2.45, 2.75) is 0 Å². The van der Waals surface area contributed by atoms with Gasteiger partial charge in [0.1, 0.15) is 0 Å². The fourth-order valence-electron chi connectivity index (χ4n) is 0. The van der Waals surface area contributed by atoms with Crippen LogP contribution in [0.3, 0.4) is 0 Å². The summed E-state index contributed by atoms with van der Waals surface area (Å²) in [5, 5.41) is 0. The van der Waals surface area contributed by atoms with Crippen LogP contribution < -0.4 is 6.15 Å². The molecule has 0 aliphatic carbocycles. The van der Waals surface area contributed by atoms with E-state index in [0.717, 1.165) is 0 Å². The molecule has 36 valence electrons. The second kappa shape index (κ2) is 41.0. The Morgan fingerprint density at radius 3 is 1.20 bits per heavy atom. The summed E-state index contributed by atoms with van der Waals surface area (Å²) in [4.78, 5) is 0. The third kappa shape index (κ3) is 25.7. The van der Waals surface area contributed by atoms with Crippen molar-refractivity contribution in [3.63, 3.8) is 0 Å². The summed E-state index contributed by atoms with van der Waals surface area (Å²) in [6.07, 6.45) is 0. The Labute approximate surface area is 73.3 Å². The number of rotatable bonds is 0. The van der Waals surface area contributed by atoms with Crippen molar-refractivity contribution in [2.75, 3.05) is 0 Å². The quantitative estimate of drug-likeness (QED) is 0.443. The minimum Gasteiger partial charge on any atom is -1.00 e. The van der Waals surface area contributed by atoms with Crippen LogP contribution in [0.5, 0.6) is 0 Å². The molecule has 0 amide bonds. The van der Waals surface area contributed by atoms with E-state index in [1.165, 1.54) is 0 Å². The third-order valence-corrected chi connectivity index (χ3v) is 0. The van der Waals surface area contributed by atoms with Crippen LogP contribution in [-0.4, -0.2) is 34.0 Å². The Balaban J connectivity index is 0. The van der Waals surface area contributed by atoms with E-state index in [9.17, 15) is 0 Å². The van der Waals surface area contributed by atoms with Crippen molar-refractivity contribution in [3.8, 4) is 0 Å². The van der Waals surface area contributed by atoms with E-state index in [1.807, 2.05) is 0 Å². The molecule has 0 aliphatic rings. The molecule has 5 heteroatoms. The summed E-state index contributed by atoms with van der Waals surface area (Å²) in [5.74, 6) is 0. The van der Waals surface area contributed by atoms with Gasteiger partial charge >= 0.3 is 23.1 Å². The Morgan fingerprint density at radius 1 is 1.20 bits per heavy atom. The van der Waals surface area contributed by atoms with E-state index < -0.39 is 0 Å². The SMILES string of the molecule is N.S.[Fe].[H-].[H-].[Mg+2].[SiH4].